The number of guanidine groups is 1. The van der Waals surface area contributed by atoms with E-state index in [2.05, 4.69) is 40.3 Å². The van der Waals surface area contributed by atoms with Crippen LogP contribution in [0.15, 0.2) is 23.2 Å². The number of rotatable bonds is 9. The second kappa shape index (κ2) is 11.7. The van der Waals surface area contributed by atoms with E-state index in [-0.39, 0.29) is 24.0 Å². The van der Waals surface area contributed by atoms with Crippen LogP contribution in [0.2, 0.25) is 0 Å². The predicted molar refractivity (Wildman–Crippen MR) is 120 cm³/mol. The summed E-state index contributed by atoms with van der Waals surface area (Å²) in [5.41, 5.74) is 8.32. The maximum absolute atomic E-state index is 6.02. The Bertz CT molecular complexity index is 602. The SMILES string of the molecule is Cc1ccc(CN=C(N)NCCCN2CCOCC2)c(OCC2CC2)c1.I. The molecule has 2 aliphatic rings. The molecule has 1 saturated carbocycles. The summed E-state index contributed by atoms with van der Waals surface area (Å²) in [5, 5.41) is 3.21. The first-order valence-corrected chi connectivity index (χ1v) is 9.77. The summed E-state index contributed by atoms with van der Waals surface area (Å²) in [5.74, 6) is 2.19. The van der Waals surface area contributed by atoms with Gasteiger partial charge in [0.2, 0.25) is 0 Å². The van der Waals surface area contributed by atoms with Crippen molar-refractivity contribution in [3.63, 3.8) is 0 Å². The van der Waals surface area contributed by atoms with Crippen LogP contribution in [0.1, 0.15) is 30.4 Å². The number of ether oxygens (including phenoxy) is 2. The molecule has 0 aromatic heterocycles. The molecule has 1 aliphatic carbocycles. The molecule has 0 unspecified atom stereocenters. The lowest BCUT2D eigenvalue weighted by molar-refractivity contribution is 0.0376. The van der Waals surface area contributed by atoms with Crippen molar-refractivity contribution < 1.29 is 9.47 Å². The number of morpholine rings is 1. The first-order valence-electron chi connectivity index (χ1n) is 9.77. The van der Waals surface area contributed by atoms with Gasteiger partial charge in [-0.3, -0.25) is 4.90 Å². The molecule has 2 fully saturated rings. The zero-order chi connectivity index (χ0) is 18.2. The Hall–Kier alpha value is -1.06. The van der Waals surface area contributed by atoms with Crippen molar-refractivity contribution in [3.05, 3.63) is 29.3 Å². The molecule has 3 N–H and O–H groups in total. The molecule has 0 atom stereocenters. The lowest BCUT2D eigenvalue weighted by Gasteiger charge is -2.26. The van der Waals surface area contributed by atoms with Gasteiger partial charge in [-0.2, -0.15) is 0 Å². The number of aryl methyl sites for hydroxylation is 1. The largest absolute Gasteiger partial charge is 0.493 e. The molecule has 152 valence electrons. The van der Waals surface area contributed by atoms with Crippen LogP contribution in [-0.2, 0) is 11.3 Å². The summed E-state index contributed by atoms with van der Waals surface area (Å²) >= 11 is 0. The van der Waals surface area contributed by atoms with Gasteiger partial charge in [0.25, 0.3) is 0 Å². The van der Waals surface area contributed by atoms with E-state index in [0.717, 1.165) is 69.7 Å². The van der Waals surface area contributed by atoms with Crippen molar-refractivity contribution in [3.8, 4) is 5.75 Å². The Morgan fingerprint density at radius 2 is 2.11 bits per heavy atom. The van der Waals surface area contributed by atoms with E-state index in [0.29, 0.717) is 12.5 Å². The molecule has 0 bridgehead atoms. The lowest BCUT2D eigenvalue weighted by atomic mass is 10.1. The maximum atomic E-state index is 6.02. The highest BCUT2D eigenvalue weighted by molar-refractivity contribution is 14.0. The fourth-order valence-electron chi connectivity index (χ4n) is 2.99. The average Bonchev–Trinajstić information content (AvgIpc) is 3.48. The van der Waals surface area contributed by atoms with Crippen LogP contribution < -0.4 is 15.8 Å². The van der Waals surface area contributed by atoms with Crippen LogP contribution in [0.25, 0.3) is 0 Å². The summed E-state index contributed by atoms with van der Waals surface area (Å²) < 4.78 is 11.4. The number of halogens is 1. The molecule has 1 heterocycles. The maximum Gasteiger partial charge on any atom is 0.188 e. The molecule has 1 aromatic carbocycles. The van der Waals surface area contributed by atoms with Gasteiger partial charge in [0.05, 0.1) is 26.4 Å². The lowest BCUT2D eigenvalue weighted by Crippen LogP contribution is -2.39. The van der Waals surface area contributed by atoms with Crippen molar-refractivity contribution in [2.24, 2.45) is 16.6 Å². The van der Waals surface area contributed by atoms with E-state index in [1.54, 1.807) is 0 Å². The third-order valence-electron chi connectivity index (χ3n) is 4.87. The number of nitrogens with two attached hydrogens (primary N) is 1. The molecule has 0 spiro atoms. The van der Waals surface area contributed by atoms with E-state index in [1.807, 2.05) is 0 Å². The molecular formula is C20H33IN4O2. The number of nitrogens with zero attached hydrogens (tertiary/aromatic N) is 2. The molecule has 3 rings (SSSR count). The summed E-state index contributed by atoms with van der Waals surface area (Å²) in [6.45, 7) is 9.10. The summed E-state index contributed by atoms with van der Waals surface area (Å²) in [6.07, 6.45) is 3.64. The number of hydrogen-bond acceptors (Lipinski definition) is 4. The van der Waals surface area contributed by atoms with Gasteiger partial charge in [-0.05, 0) is 50.3 Å². The summed E-state index contributed by atoms with van der Waals surface area (Å²) in [7, 11) is 0. The van der Waals surface area contributed by atoms with Crippen LogP contribution in [-0.4, -0.2) is 56.9 Å². The van der Waals surface area contributed by atoms with Gasteiger partial charge in [-0.15, -0.1) is 24.0 Å². The third-order valence-corrected chi connectivity index (χ3v) is 4.87. The minimum atomic E-state index is 0. The Kier molecular flexibility index (Phi) is 9.64. The van der Waals surface area contributed by atoms with Gasteiger partial charge >= 0.3 is 0 Å². The van der Waals surface area contributed by atoms with Crippen molar-refractivity contribution >= 4 is 29.9 Å². The van der Waals surface area contributed by atoms with Gasteiger partial charge in [-0.1, -0.05) is 12.1 Å². The monoisotopic (exact) mass is 488 g/mol. The fourth-order valence-corrected chi connectivity index (χ4v) is 2.99. The molecular weight excluding hydrogens is 455 g/mol. The van der Waals surface area contributed by atoms with Crippen molar-refractivity contribution in [2.75, 3.05) is 46.0 Å². The van der Waals surface area contributed by atoms with Crippen LogP contribution in [0.4, 0.5) is 0 Å². The topological polar surface area (TPSA) is 72.1 Å². The van der Waals surface area contributed by atoms with Gasteiger partial charge in [0, 0.05) is 25.2 Å². The highest BCUT2D eigenvalue weighted by Crippen LogP contribution is 2.30. The normalized spacial score (nSPS) is 18.0. The highest BCUT2D eigenvalue weighted by Gasteiger charge is 2.22. The van der Waals surface area contributed by atoms with E-state index in [9.17, 15) is 0 Å². The van der Waals surface area contributed by atoms with Crippen molar-refractivity contribution in [1.82, 2.24) is 10.2 Å². The molecule has 1 aliphatic heterocycles. The minimum Gasteiger partial charge on any atom is -0.493 e. The first-order chi connectivity index (χ1) is 12.7. The van der Waals surface area contributed by atoms with Crippen molar-refractivity contribution in [1.29, 1.82) is 0 Å². The van der Waals surface area contributed by atoms with Crippen LogP contribution >= 0.6 is 24.0 Å². The Morgan fingerprint density at radius 1 is 1.33 bits per heavy atom. The molecule has 1 saturated heterocycles. The standard InChI is InChI=1S/C20H32N4O2.HI/c1-16-3-6-18(19(13-16)26-15-17-4-5-17)14-23-20(21)22-7-2-8-24-9-11-25-12-10-24;/h3,6,13,17H,2,4-5,7-12,14-15H2,1H3,(H3,21,22,23);1H. The zero-order valence-electron chi connectivity index (χ0n) is 16.3. The number of benzene rings is 1. The highest BCUT2D eigenvalue weighted by atomic mass is 127. The van der Waals surface area contributed by atoms with Gasteiger partial charge in [-0.25, -0.2) is 4.99 Å². The van der Waals surface area contributed by atoms with Gasteiger partial charge in [0.15, 0.2) is 5.96 Å². The van der Waals surface area contributed by atoms with E-state index >= 15 is 0 Å². The summed E-state index contributed by atoms with van der Waals surface area (Å²) in [6, 6.07) is 6.28. The van der Waals surface area contributed by atoms with Gasteiger partial charge < -0.3 is 20.5 Å². The quantitative estimate of drug-likeness (QED) is 0.242. The summed E-state index contributed by atoms with van der Waals surface area (Å²) in [4.78, 5) is 6.91. The Balaban J connectivity index is 0.00000261. The molecule has 0 radical (unpaired) electrons. The molecule has 0 amide bonds. The minimum absolute atomic E-state index is 0. The molecule has 27 heavy (non-hydrogen) atoms. The van der Waals surface area contributed by atoms with Crippen LogP contribution in [0, 0.1) is 12.8 Å². The van der Waals surface area contributed by atoms with E-state index in [1.165, 1.54) is 18.4 Å². The number of hydrogen-bond donors (Lipinski definition) is 2. The van der Waals surface area contributed by atoms with Crippen molar-refractivity contribution in [2.45, 2.75) is 32.7 Å². The smallest absolute Gasteiger partial charge is 0.188 e. The Morgan fingerprint density at radius 3 is 2.85 bits per heavy atom. The Labute approximate surface area is 179 Å². The van der Waals surface area contributed by atoms with E-state index in [4.69, 9.17) is 15.2 Å². The average molecular weight is 488 g/mol. The number of aliphatic imine (C=N–C) groups is 1. The predicted octanol–water partition coefficient (Wildman–Crippen LogP) is 2.53. The number of nitrogens with one attached hydrogen (secondary N) is 1. The molecule has 7 heteroatoms. The van der Waals surface area contributed by atoms with Crippen LogP contribution in [0.5, 0.6) is 5.75 Å². The fraction of sp³-hybridized carbons (Fsp3) is 0.650. The van der Waals surface area contributed by atoms with Gasteiger partial charge in [0.1, 0.15) is 5.75 Å². The van der Waals surface area contributed by atoms with E-state index < -0.39 is 0 Å². The zero-order valence-corrected chi connectivity index (χ0v) is 18.6. The third kappa shape index (κ3) is 8.23. The second-order valence-electron chi connectivity index (χ2n) is 7.30. The van der Waals surface area contributed by atoms with Crippen LogP contribution in [0.3, 0.4) is 0 Å². The molecule has 6 nitrogen and oxygen atoms in total. The molecule has 1 aromatic rings. The first kappa shape index (κ1) is 22.2. The second-order valence-corrected chi connectivity index (χ2v) is 7.30.